The molecule has 0 saturated carbocycles. The number of carbonyl (C=O) groups is 1. The van der Waals surface area contributed by atoms with Gasteiger partial charge in [-0.3, -0.25) is 10.1 Å². The van der Waals surface area contributed by atoms with E-state index in [-0.39, 0.29) is 17.1 Å². The maximum atomic E-state index is 12.3. The van der Waals surface area contributed by atoms with E-state index in [4.69, 9.17) is 9.31 Å². The average Bonchev–Trinajstić information content (AvgIpc) is 3.00. The Morgan fingerprint density at radius 1 is 1.12 bits per heavy atom. The Kier molecular flexibility index (Phi) is 4.27. The number of rotatable bonds is 3. The molecular formula is C17H21BN2O3S. The molecule has 1 aromatic carbocycles. The molecular weight excluding hydrogens is 323 g/mol. The molecule has 24 heavy (non-hydrogen) atoms. The summed E-state index contributed by atoms with van der Waals surface area (Å²) in [5, 5.41) is 3.40. The van der Waals surface area contributed by atoms with Gasteiger partial charge in [-0.2, -0.15) is 0 Å². The van der Waals surface area contributed by atoms with Crippen LogP contribution in [-0.4, -0.2) is 29.2 Å². The molecule has 1 aliphatic rings. The Balaban J connectivity index is 1.71. The number of benzene rings is 1. The molecule has 0 aliphatic carbocycles. The van der Waals surface area contributed by atoms with Crippen molar-refractivity contribution in [2.45, 2.75) is 45.8 Å². The molecule has 1 aliphatic heterocycles. The highest BCUT2D eigenvalue weighted by Gasteiger charge is 2.51. The molecule has 3 rings (SSSR count). The lowest BCUT2D eigenvalue weighted by Gasteiger charge is -2.32. The molecule has 0 radical (unpaired) electrons. The van der Waals surface area contributed by atoms with Gasteiger partial charge in [0.1, 0.15) is 0 Å². The largest absolute Gasteiger partial charge is 0.494 e. The van der Waals surface area contributed by atoms with Crippen LogP contribution in [0.4, 0.5) is 5.13 Å². The third-order valence-corrected chi connectivity index (χ3v) is 5.37. The van der Waals surface area contributed by atoms with E-state index in [9.17, 15) is 4.79 Å². The van der Waals surface area contributed by atoms with Crippen molar-refractivity contribution in [3.05, 3.63) is 40.9 Å². The molecule has 0 unspecified atom stereocenters. The van der Waals surface area contributed by atoms with Crippen molar-refractivity contribution in [2.75, 3.05) is 5.32 Å². The summed E-state index contributed by atoms with van der Waals surface area (Å²) in [6, 6.07) is 7.28. The summed E-state index contributed by atoms with van der Waals surface area (Å²) in [4.78, 5) is 17.5. The second-order valence-corrected chi connectivity index (χ2v) is 8.18. The van der Waals surface area contributed by atoms with Crippen molar-refractivity contribution in [1.29, 1.82) is 0 Å². The van der Waals surface area contributed by atoms with Crippen LogP contribution in [0.5, 0.6) is 0 Å². The zero-order valence-corrected chi connectivity index (χ0v) is 15.4. The van der Waals surface area contributed by atoms with Gasteiger partial charge in [0.25, 0.3) is 5.91 Å². The highest BCUT2D eigenvalue weighted by atomic mass is 32.1. The lowest BCUT2D eigenvalue weighted by Crippen LogP contribution is -2.41. The summed E-state index contributed by atoms with van der Waals surface area (Å²) < 4.78 is 12.0. The van der Waals surface area contributed by atoms with Crippen LogP contribution in [-0.2, 0) is 9.31 Å². The molecule has 0 spiro atoms. The van der Waals surface area contributed by atoms with Gasteiger partial charge in [-0.15, -0.1) is 11.3 Å². The van der Waals surface area contributed by atoms with Crippen LogP contribution in [0.3, 0.4) is 0 Å². The number of aryl methyl sites for hydroxylation is 1. The van der Waals surface area contributed by atoms with Gasteiger partial charge >= 0.3 is 7.12 Å². The van der Waals surface area contributed by atoms with E-state index in [1.54, 1.807) is 18.3 Å². The van der Waals surface area contributed by atoms with Gasteiger partial charge in [0.15, 0.2) is 5.13 Å². The first-order chi connectivity index (χ1) is 11.2. The molecule has 5 nitrogen and oxygen atoms in total. The number of aromatic nitrogens is 1. The van der Waals surface area contributed by atoms with Gasteiger partial charge in [-0.1, -0.05) is 12.1 Å². The number of hydrogen-bond acceptors (Lipinski definition) is 5. The van der Waals surface area contributed by atoms with Gasteiger partial charge in [0.2, 0.25) is 0 Å². The van der Waals surface area contributed by atoms with E-state index in [2.05, 4.69) is 10.3 Å². The fourth-order valence-electron chi connectivity index (χ4n) is 2.35. The molecule has 1 aromatic heterocycles. The number of amides is 1. The third-order valence-electron chi connectivity index (χ3n) is 4.54. The van der Waals surface area contributed by atoms with Crippen LogP contribution < -0.4 is 10.8 Å². The van der Waals surface area contributed by atoms with Crippen LogP contribution >= 0.6 is 11.3 Å². The smallest absolute Gasteiger partial charge is 0.399 e. The summed E-state index contributed by atoms with van der Waals surface area (Å²) in [6.45, 7) is 10.0. The lowest BCUT2D eigenvalue weighted by atomic mass is 9.79. The Bertz CT molecular complexity index is 739. The summed E-state index contributed by atoms with van der Waals surface area (Å²) in [7, 11) is -0.422. The number of anilines is 1. The maximum absolute atomic E-state index is 12.3. The molecule has 1 amide bonds. The van der Waals surface area contributed by atoms with Crippen LogP contribution in [0, 0.1) is 6.92 Å². The topological polar surface area (TPSA) is 60.5 Å². The highest BCUT2D eigenvalue weighted by Crippen LogP contribution is 2.36. The van der Waals surface area contributed by atoms with E-state index < -0.39 is 7.12 Å². The normalized spacial score (nSPS) is 18.6. The summed E-state index contributed by atoms with van der Waals surface area (Å²) in [5.41, 5.74) is 0.714. The van der Waals surface area contributed by atoms with Gasteiger partial charge in [0, 0.05) is 16.6 Å². The van der Waals surface area contributed by atoms with E-state index in [0.29, 0.717) is 10.7 Å². The lowest BCUT2D eigenvalue weighted by molar-refractivity contribution is 0.00578. The molecule has 0 atom stereocenters. The highest BCUT2D eigenvalue weighted by molar-refractivity contribution is 7.15. The van der Waals surface area contributed by atoms with Gasteiger partial charge in [-0.25, -0.2) is 4.98 Å². The minimum atomic E-state index is -0.422. The van der Waals surface area contributed by atoms with Crippen molar-refractivity contribution >= 4 is 35.0 Å². The second kappa shape index (κ2) is 5.99. The predicted octanol–water partition coefficient (Wildman–Crippen LogP) is 3.00. The van der Waals surface area contributed by atoms with Crippen molar-refractivity contribution in [1.82, 2.24) is 4.98 Å². The molecule has 126 valence electrons. The number of nitrogens with one attached hydrogen (secondary N) is 1. The summed E-state index contributed by atoms with van der Waals surface area (Å²) >= 11 is 1.45. The molecule has 7 heteroatoms. The Hall–Kier alpha value is -1.70. The molecule has 2 heterocycles. The van der Waals surface area contributed by atoms with E-state index in [0.717, 1.165) is 10.3 Å². The number of carbonyl (C=O) groups excluding carboxylic acids is 1. The van der Waals surface area contributed by atoms with E-state index in [1.165, 1.54) is 11.3 Å². The number of nitrogens with zero attached hydrogens (tertiary/aromatic N) is 1. The van der Waals surface area contributed by atoms with E-state index in [1.807, 2.05) is 46.8 Å². The molecule has 0 bridgehead atoms. The minimum Gasteiger partial charge on any atom is -0.399 e. The molecule has 1 saturated heterocycles. The maximum Gasteiger partial charge on any atom is 0.494 e. The van der Waals surface area contributed by atoms with Crippen molar-refractivity contribution < 1.29 is 14.1 Å². The predicted molar refractivity (Wildman–Crippen MR) is 97.0 cm³/mol. The standard InChI is InChI=1S/C17H21BN2O3S/c1-11-10-19-15(24-11)20-14(21)12-6-8-13(9-7-12)18-22-16(2,3)17(4,5)23-18/h6-10H,1-5H3,(H,19,20,21). The van der Waals surface area contributed by atoms with Crippen LogP contribution in [0.15, 0.2) is 30.5 Å². The van der Waals surface area contributed by atoms with Crippen LogP contribution in [0.25, 0.3) is 0 Å². The molecule has 1 fully saturated rings. The Labute approximate surface area is 146 Å². The van der Waals surface area contributed by atoms with Crippen LogP contribution in [0.2, 0.25) is 0 Å². The average molecular weight is 344 g/mol. The zero-order valence-electron chi connectivity index (χ0n) is 14.5. The summed E-state index contributed by atoms with van der Waals surface area (Å²) in [6.07, 6.45) is 1.74. The second-order valence-electron chi connectivity index (χ2n) is 6.94. The minimum absolute atomic E-state index is 0.176. The SMILES string of the molecule is Cc1cnc(NC(=O)c2ccc(B3OC(C)(C)C(C)(C)O3)cc2)s1. The quantitative estimate of drug-likeness (QED) is 0.870. The Morgan fingerprint density at radius 2 is 1.71 bits per heavy atom. The third kappa shape index (κ3) is 3.24. The van der Waals surface area contributed by atoms with E-state index >= 15 is 0 Å². The first kappa shape index (κ1) is 17.1. The van der Waals surface area contributed by atoms with Gasteiger partial charge in [-0.05, 0) is 52.2 Å². The Morgan fingerprint density at radius 3 is 2.21 bits per heavy atom. The number of hydrogen-bond donors (Lipinski definition) is 1. The van der Waals surface area contributed by atoms with Crippen molar-refractivity contribution in [3.8, 4) is 0 Å². The first-order valence-corrected chi connectivity index (χ1v) is 8.69. The van der Waals surface area contributed by atoms with Crippen molar-refractivity contribution in [3.63, 3.8) is 0 Å². The zero-order chi connectivity index (χ0) is 17.5. The van der Waals surface area contributed by atoms with Gasteiger partial charge < -0.3 is 9.31 Å². The first-order valence-electron chi connectivity index (χ1n) is 7.87. The monoisotopic (exact) mass is 344 g/mol. The molecule has 2 aromatic rings. The van der Waals surface area contributed by atoms with Crippen LogP contribution in [0.1, 0.15) is 42.9 Å². The molecule has 1 N–H and O–H groups in total. The number of thiazole rings is 1. The van der Waals surface area contributed by atoms with Gasteiger partial charge in [0.05, 0.1) is 11.2 Å². The summed E-state index contributed by atoms with van der Waals surface area (Å²) in [5.74, 6) is -0.176. The fraction of sp³-hybridized carbons (Fsp3) is 0.412. The fourth-order valence-corrected chi connectivity index (χ4v) is 3.01. The van der Waals surface area contributed by atoms with Crippen molar-refractivity contribution in [2.24, 2.45) is 0 Å².